The van der Waals surface area contributed by atoms with Crippen LogP contribution in [0.4, 0.5) is 0 Å². The quantitative estimate of drug-likeness (QED) is 0.763. The summed E-state index contributed by atoms with van der Waals surface area (Å²) in [5.41, 5.74) is 6.32. The number of carbonyl (C=O) groups is 1. The topological polar surface area (TPSA) is 64.4 Å². The first kappa shape index (κ1) is 20.0. The van der Waals surface area contributed by atoms with Crippen LogP contribution >= 0.6 is 12.4 Å². The van der Waals surface area contributed by atoms with Gasteiger partial charge in [0.15, 0.2) is 0 Å². The molecule has 2 atom stereocenters. The molecule has 4 rings (SSSR count). The predicted molar refractivity (Wildman–Crippen MR) is 111 cm³/mol. The first-order chi connectivity index (χ1) is 12.7. The minimum absolute atomic E-state index is 0. The maximum absolute atomic E-state index is 12.5. The molecule has 2 aromatic rings. The van der Waals surface area contributed by atoms with E-state index < -0.39 is 0 Å². The van der Waals surface area contributed by atoms with E-state index in [1.165, 1.54) is 30.0 Å². The van der Waals surface area contributed by atoms with Crippen molar-refractivity contribution >= 4 is 29.1 Å². The predicted octanol–water partition coefficient (Wildman–Crippen LogP) is 3.91. The van der Waals surface area contributed by atoms with Crippen molar-refractivity contribution in [1.82, 2.24) is 5.32 Å². The van der Waals surface area contributed by atoms with Crippen LogP contribution in [0.5, 0.6) is 5.75 Å². The fourth-order valence-corrected chi connectivity index (χ4v) is 4.75. The van der Waals surface area contributed by atoms with Gasteiger partial charge in [0.05, 0.1) is 6.54 Å². The maximum atomic E-state index is 12.5. The molecule has 2 saturated carbocycles. The Morgan fingerprint density at radius 3 is 2.52 bits per heavy atom. The number of nitrogens with two attached hydrogens (primary N) is 1. The zero-order valence-corrected chi connectivity index (χ0v) is 16.4. The number of benzene rings is 2. The summed E-state index contributed by atoms with van der Waals surface area (Å²) in [6, 6.07) is 14.6. The molecule has 2 aliphatic carbocycles. The van der Waals surface area contributed by atoms with Crippen LogP contribution in [0.15, 0.2) is 42.5 Å². The molecule has 5 heteroatoms. The van der Waals surface area contributed by atoms with Crippen LogP contribution in [0, 0.1) is 17.8 Å². The van der Waals surface area contributed by atoms with Crippen molar-refractivity contribution in [2.24, 2.45) is 23.5 Å². The van der Waals surface area contributed by atoms with Crippen LogP contribution in [0.25, 0.3) is 10.8 Å². The second-order valence-electron chi connectivity index (χ2n) is 7.85. The fraction of sp³-hybridized carbons (Fsp3) is 0.500. The molecule has 1 amide bonds. The van der Waals surface area contributed by atoms with Crippen LogP contribution in [0.2, 0.25) is 0 Å². The Bertz CT molecular complexity index is 768. The zero-order chi connectivity index (χ0) is 17.9. The highest BCUT2D eigenvalue weighted by Gasteiger charge is 2.40. The lowest BCUT2D eigenvalue weighted by atomic mass is 9.65. The summed E-state index contributed by atoms with van der Waals surface area (Å²) in [6.45, 7) is 1.03. The number of hydrogen-bond donors (Lipinski definition) is 2. The number of nitrogens with one attached hydrogen (secondary N) is 1. The molecular weight excluding hydrogens is 360 g/mol. The first-order valence-corrected chi connectivity index (χ1v) is 9.85. The summed E-state index contributed by atoms with van der Waals surface area (Å²) in [5.74, 6) is 2.22. The van der Waals surface area contributed by atoms with Gasteiger partial charge in [-0.15, -0.1) is 12.4 Å². The molecule has 3 N–H and O–H groups in total. The van der Waals surface area contributed by atoms with Crippen molar-refractivity contribution in [3.05, 3.63) is 42.5 Å². The normalized spacial score (nSPS) is 26.9. The summed E-state index contributed by atoms with van der Waals surface area (Å²) in [4.78, 5) is 12.5. The van der Waals surface area contributed by atoms with Crippen LogP contribution in [0.3, 0.4) is 0 Å². The summed E-state index contributed by atoms with van der Waals surface area (Å²) >= 11 is 0. The van der Waals surface area contributed by atoms with Gasteiger partial charge in [0, 0.05) is 12.0 Å². The summed E-state index contributed by atoms with van der Waals surface area (Å²) in [7, 11) is 0. The second-order valence-corrected chi connectivity index (χ2v) is 7.85. The number of halogens is 1. The van der Waals surface area contributed by atoms with Crippen LogP contribution in [0.1, 0.15) is 32.1 Å². The highest BCUT2D eigenvalue weighted by atomic mass is 35.5. The fourth-order valence-electron chi connectivity index (χ4n) is 4.75. The van der Waals surface area contributed by atoms with Crippen molar-refractivity contribution in [3.8, 4) is 5.75 Å². The standard InChI is InChI=1S/C22H28N2O2.ClH/c23-21-17-6-3-7-18(21)13-19(12-17)22(25)24-10-11-26-20-9-8-15-4-1-2-5-16(15)14-20;/h1-2,4-5,8-9,14,17-19,21H,3,6-7,10-13,23H2,(H,24,25);1H. The lowest BCUT2D eigenvalue weighted by Gasteiger charge is -2.43. The van der Waals surface area contributed by atoms with Gasteiger partial charge < -0.3 is 15.8 Å². The highest BCUT2D eigenvalue weighted by molar-refractivity contribution is 5.85. The van der Waals surface area contributed by atoms with E-state index in [-0.39, 0.29) is 24.2 Å². The van der Waals surface area contributed by atoms with E-state index in [2.05, 4.69) is 23.5 Å². The molecule has 2 unspecified atom stereocenters. The van der Waals surface area contributed by atoms with Gasteiger partial charge in [-0.25, -0.2) is 0 Å². The SMILES string of the molecule is Cl.NC1C2CCCC1CC(C(=O)NCCOc1ccc3ccccc3c1)C2. The summed E-state index contributed by atoms with van der Waals surface area (Å²) in [5, 5.41) is 5.43. The number of carbonyl (C=O) groups excluding carboxylic acids is 1. The molecule has 0 heterocycles. The van der Waals surface area contributed by atoms with E-state index in [0.717, 1.165) is 18.6 Å². The minimum atomic E-state index is 0. The largest absolute Gasteiger partial charge is 0.492 e. The molecule has 2 fully saturated rings. The first-order valence-electron chi connectivity index (χ1n) is 9.85. The van der Waals surface area contributed by atoms with Crippen molar-refractivity contribution in [3.63, 3.8) is 0 Å². The molecule has 0 spiro atoms. The Balaban J connectivity index is 0.00000210. The molecule has 27 heavy (non-hydrogen) atoms. The molecule has 0 radical (unpaired) electrons. The van der Waals surface area contributed by atoms with E-state index in [4.69, 9.17) is 10.5 Å². The van der Waals surface area contributed by atoms with Gasteiger partial charge in [-0.05, 0) is 60.4 Å². The number of ether oxygens (including phenoxy) is 1. The average Bonchev–Trinajstić information content (AvgIpc) is 2.64. The molecule has 2 bridgehead atoms. The van der Waals surface area contributed by atoms with Crippen molar-refractivity contribution in [2.75, 3.05) is 13.2 Å². The van der Waals surface area contributed by atoms with Gasteiger partial charge in [0.1, 0.15) is 12.4 Å². The Morgan fingerprint density at radius 1 is 1.07 bits per heavy atom. The van der Waals surface area contributed by atoms with Crippen LogP contribution in [-0.2, 0) is 4.79 Å². The number of hydrogen-bond acceptors (Lipinski definition) is 3. The Labute approximate surface area is 167 Å². The number of rotatable bonds is 5. The van der Waals surface area contributed by atoms with E-state index in [1.807, 2.05) is 24.3 Å². The Kier molecular flexibility index (Phi) is 6.61. The monoisotopic (exact) mass is 388 g/mol. The van der Waals surface area contributed by atoms with Crippen LogP contribution in [-0.4, -0.2) is 25.1 Å². The van der Waals surface area contributed by atoms with Gasteiger partial charge in [0.25, 0.3) is 0 Å². The van der Waals surface area contributed by atoms with Crippen molar-refractivity contribution < 1.29 is 9.53 Å². The summed E-state index contributed by atoms with van der Waals surface area (Å²) in [6.07, 6.45) is 5.56. The summed E-state index contributed by atoms with van der Waals surface area (Å²) < 4.78 is 5.81. The smallest absolute Gasteiger partial charge is 0.223 e. The zero-order valence-electron chi connectivity index (χ0n) is 15.6. The number of amides is 1. The molecule has 2 aliphatic rings. The molecule has 4 nitrogen and oxygen atoms in total. The van der Waals surface area contributed by atoms with Gasteiger partial charge >= 0.3 is 0 Å². The minimum Gasteiger partial charge on any atom is -0.492 e. The Hall–Kier alpha value is -1.78. The second kappa shape index (κ2) is 8.94. The van der Waals surface area contributed by atoms with Gasteiger partial charge in [-0.3, -0.25) is 4.79 Å². The lowest BCUT2D eigenvalue weighted by Crippen LogP contribution is -2.49. The highest BCUT2D eigenvalue weighted by Crippen LogP contribution is 2.41. The van der Waals surface area contributed by atoms with Gasteiger partial charge in [0.2, 0.25) is 5.91 Å². The van der Waals surface area contributed by atoms with Crippen molar-refractivity contribution in [1.29, 1.82) is 0 Å². The van der Waals surface area contributed by atoms with E-state index in [0.29, 0.717) is 31.0 Å². The van der Waals surface area contributed by atoms with E-state index in [1.54, 1.807) is 0 Å². The lowest BCUT2D eigenvalue weighted by molar-refractivity contribution is -0.128. The molecule has 146 valence electrons. The Morgan fingerprint density at radius 2 is 1.78 bits per heavy atom. The van der Waals surface area contributed by atoms with Crippen LogP contribution < -0.4 is 15.8 Å². The molecular formula is C22H29ClN2O2. The average molecular weight is 389 g/mol. The van der Waals surface area contributed by atoms with E-state index >= 15 is 0 Å². The molecule has 0 saturated heterocycles. The number of fused-ring (bicyclic) bond motifs is 3. The van der Waals surface area contributed by atoms with Gasteiger partial charge in [-0.2, -0.15) is 0 Å². The van der Waals surface area contributed by atoms with E-state index in [9.17, 15) is 4.79 Å². The van der Waals surface area contributed by atoms with Crippen molar-refractivity contribution in [2.45, 2.75) is 38.1 Å². The third-order valence-corrected chi connectivity index (χ3v) is 6.17. The molecule has 0 aliphatic heterocycles. The third-order valence-electron chi connectivity index (χ3n) is 6.17. The van der Waals surface area contributed by atoms with Gasteiger partial charge in [-0.1, -0.05) is 36.8 Å². The third kappa shape index (κ3) is 4.56. The molecule has 0 aromatic heterocycles. The maximum Gasteiger partial charge on any atom is 0.223 e. The molecule has 2 aromatic carbocycles.